The van der Waals surface area contributed by atoms with Crippen LogP contribution in [0.3, 0.4) is 0 Å². The van der Waals surface area contributed by atoms with Crippen LogP contribution in [0.15, 0.2) is 43.1 Å². The third-order valence-electron chi connectivity index (χ3n) is 6.64. The summed E-state index contributed by atoms with van der Waals surface area (Å²) in [6.45, 7) is 9.76. The fraction of sp³-hybridized carbons (Fsp3) is 0.577. The molecular weight excluding hydrogens is 372 g/mol. The molecule has 3 rings (SSSR count). The van der Waals surface area contributed by atoms with E-state index in [1.807, 2.05) is 24.3 Å². The number of hydrogen-bond donors (Lipinski definition) is 1. The van der Waals surface area contributed by atoms with Gasteiger partial charge in [-0.1, -0.05) is 38.7 Å². The molecule has 2 heterocycles. The number of fused-ring (bicyclic) bond motifs is 1. The Morgan fingerprint density at radius 1 is 1.27 bits per heavy atom. The molecule has 0 aliphatic carbocycles. The molecule has 0 radical (unpaired) electrons. The second-order valence-corrected chi connectivity index (χ2v) is 8.70. The van der Waals surface area contributed by atoms with Crippen molar-refractivity contribution >= 4 is 10.9 Å². The number of piperidine rings is 1. The molecule has 3 atom stereocenters. The molecule has 0 amide bonds. The van der Waals surface area contributed by atoms with Gasteiger partial charge in [-0.2, -0.15) is 0 Å². The molecule has 1 aliphatic rings. The summed E-state index contributed by atoms with van der Waals surface area (Å²) in [6.07, 6.45) is 11.9. The summed E-state index contributed by atoms with van der Waals surface area (Å²) in [7, 11) is 1.67. The average Bonchev–Trinajstić information content (AvgIpc) is 2.78. The van der Waals surface area contributed by atoms with Gasteiger partial charge in [0.2, 0.25) is 0 Å². The van der Waals surface area contributed by atoms with Gasteiger partial charge in [-0.15, -0.1) is 6.58 Å². The second kappa shape index (κ2) is 11.5. The van der Waals surface area contributed by atoms with Crippen molar-refractivity contribution in [3.05, 3.63) is 48.7 Å². The van der Waals surface area contributed by atoms with Gasteiger partial charge in [0, 0.05) is 18.1 Å². The summed E-state index contributed by atoms with van der Waals surface area (Å²) in [4.78, 5) is 7.04. The summed E-state index contributed by atoms with van der Waals surface area (Å²) in [5.41, 5.74) is 1.84. The number of benzene rings is 1. The molecule has 1 aromatic carbocycles. The van der Waals surface area contributed by atoms with Crippen molar-refractivity contribution in [2.75, 3.05) is 26.7 Å². The number of rotatable bonds is 11. The lowest BCUT2D eigenvalue weighted by atomic mass is 9.80. The maximum atomic E-state index is 11.1. The molecule has 1 saturated heterocycles. The molecule has 1 N–H and O–H groups in total. The molecular formula is C26H38N2O2. The van der Waals surface area contributed by atoms with E-state index < -0.39 is 6.10 Å². The predicted octanol–water partition coefficient (Wildman–Crippen LogP) is 5.76. The fourth-order valence-electron chi connectivity index (χ4n) is 4.78. The first kappa shape index (κ1) is 22.8. The van der Waals surface area contributed by atoms with Crippen molar-refractivity contribution in [3.8, 4) is 5.75 Å². The largest absolute Gasteiger partial charge is 0.497 e. The van der Waals surface area contributed by atoms with E-state index in [-0.39, 0.29) is 0 Å². The predicted molar refractivity (Wildman–Crippen MR) is 125 cm³/mol. The van der Waals surface area contributed by atoms with Gasteiger partial charge in [-0.3, -0.25) is 4.98 Å². The third kappa shape index (κ3) is 5.83. The van der Waals surface area contributed by atoms with Crippen LogP contribution in [0.1, 0.15) is 63.5 Å². The Morgan fingerprint density at radius 2 is 2.10 bits per heavy atom. The van der Waals surface area contributed by atoms with Gasteiger partial charge in [0.1, 0.15) is 5.75 Å². The van der Waals surface area contributed by atoms with Gasteiger partial charge in [0.15, 0.2) is 0 Å². The Labute approximate surface area is 182 Å². The van der Waals surface area contributed by atoms with Gasteiger partial charge >= 0.3 is 0 Å². The maximum absolute atomic E-state index is 11.1. The fourth-order valence-corrected chi connectivity index (χ4v) is 4.78. The van der Waals surface area contributed by atoms with Crippen LogP contribution in [0.25, 0.3) is 10.9 Å². The van der Waals surface area contributed by atoms with E-state index in [4.69, 9.17) is 4.74 Å². The van der Waals surface area contributed by atoms with Crippen LogP contribution in [0.4, 0.5) is 0 Å². The molecule has 0 saturated carbocycles. The standard InChI is InChI=1S/C26H38N2O2/c1-4-6-7-8-9-15-28-16-13-21(20(5-2)19-28)17-26(29)23-12-14-27-25-11-10-22(30-3)18-24(23)25/h5,10-12,14,18,20-21,26,29H,2,4,6-9,13,15-17,19H2,1,3H3/t20-,21-,26?/m0/s1. The normalized spacial score (nSPS) is 20.9. The lowest BCUT2D eigenvalue weighted by Gasteiger charge is -2.38. The SMILES string of the molecule is C=C[C@H]1CN(CCCCCCC)CC[C@H]1CC(O)c1ccnc2ccc(OC)cc12. The Bertz CT molecular complexity index is 807. The van der Waals surface area contributed by atoms with E-state index in [9.17, 15) is 5.11 Å². The van der Waals surface area contributed by atoms with Crippen LogP contribution in [0, 0.1) is 11.8 Å². The molecule has 1 aromatic heterocycles. The smallest absolute Gasteiger partial charge is 0.119 e. The Hall–Kier alpha value is -1.91. The molecule has 0 bridgehead atoms. The molecule has 0 spiro atoms. The molecule has 30 heavy (non-hydrogen) atoms. The Kier molecular flexibility index (Phi) is 8.71. The van der Waals surface area contributed by atoms with E-state index in [1.165, 1.54) is 38.6 Å². The molecule has 4 nitrogen and oxygen atoms in total. The molecule has 1 aliphatic heterocycles. The number of aliphatic hydroxyl groups excluding tert-OH is 1. The minimum Gasteiger partial charge on any atom is -0.497 e. The number of aromatic nitrogens is 1. The molecule has 2 aromatic rings. The second-order valence-electron chi connectivity index (χ2n) is 8.70. The topological polar surface area (TPSA) is 45.6 Å². The summed E-state index contributed by atoms with van der Waals surface area (Å²) in [5.74, 6) is 1.69. The lowest BCUT2D eigenvalue weighted by Crippen LogP contribution is -2.40. The first-order chi connectivity index (χ1) is 14.7. The van der Waals surface area contributed by atoms with Gasteiger partial charge in [0.05, 0.1) is 18.7 Å². The minimum absolute atomic E-state index is 0.437. The number of ether oxygens (including phenoxy) is 1. The average molecular weight is 411 g/mol. The van der Waals surface area contributed by atoms with Crippen molar-refractivity contribution in [1.29, 1.82) is 0 Å². The number of hydrogen-bond acceptors (Lipinski definition) is 4. The molecule has 4 heteroatoms. The molecule has 164 valence electrons. The first-order valence-electron chi connectivity index (χ1n) is 11.6. The highest BCUT2D eigenvalue weighted by Gasteiger charge is 2.29. The van der Waals surface area contributed by atoms with E-state index in [0.29, 0.717) is 11.8 Å². The Balaban J connectivity index is 1.61. The number of nitrogens with zero attached hydrogens (tertiary/aromatic N) is 2. The maximum Gasteiger partial charge on any atom is 0.119 e. The van der Waals surface area contributed by atoms with Crippen molar-refractivity contribution < 1.29 is 9.84 Å². The van der Waals surface area contributed by atoms with Crippen LogP contribution < -0.4 is 4.74 Å². The van der Waals surface area contributed by atoms with Crippen LogP contribution in [0.5, 0.6) is 5.75 Å². The third-order valence-corrected chi connectivity index (χ3v) is 6.64. The summed E-state index contributed by atoms with van der Waals surface area (Å²) in [6, 6.07) is 7.79. The Morgan fingerprint density at radius 3 is 2.87 bits per heavy atom. The van der Waals surface area contributed by atoms with E-state index >= 15 is 0 Å². The van der Waals surface area contributed by atoms with E-state index in [0.717, 1.165) is 48.1 Å². The van der Waals surface area contributed by atoms with Crippen LogP contribution >= 0.6 is 0 Å². The van der Waals surface area contributed by atoms with Gasteiger partial charge in [-0.05, 0) is 74.0 Å². The van der Waals surface area contributed by atoms with Gasteiger partial charge < -0.3 is 14.7 Å². The van der Waals surface area contributed by atoms with Crippen molar-refractivity contribution in [2.24, 2.45) is 11.8 Å². The molecule has 1 fully saturated rings. The van der Waals surface area contributed by atoms with Crippen molar-refractivity contribution in [2.45, 2.75) is 58.0 Å². The van der Waals surface area contributed by atoms with Gasteiger partial charge in [0.25, 0.3) is 0 Å². The highest BCUT2D eigenvalue weighted by molar-refractivity contribution is 5.83. The quantitative estimate of drug-likeness (QED) is 0.378. The zero-order chi connectivity index (χ0) is 21.3. The lowest BCUT2D eigenvalue weighted by molar-refractivity contribution is 0.0842. The van der Waals surface area contributed by atoms with Crippen LogP contribution in [0.2, 0.25) is 0 Å². The minimum atomic E-state index is -0.504. The van der Waals surface area contributed by atoms with Crippen LogP contribution in [-0.4, -0.2) is 41.7 Å². The highest BCUT2D eigenvalue weighted by atomic mass is 16.5. The summed E-state index contributed by atoms with van der Waals surface area (Å²) < 4.78 is 5.38. The molecule has 1 unspecified atom stereocenters. The summed E-state index contributed by atoms with van der Waals surface area (Å²) >= 11 is 0. The van der Waals surface area contributed by atoms with Crippen LogP contribution in [-0.2, 0) is 0 Å². The monoisotopic (exact) mass is 410 g/mol. The van der Waals surface area contributed by atoms with E-state index in [2.05, 4.69) is 29.5 Å². The summed E-state index contributed by atoms with van der Waals surface area (Å²) in [5, 5.41) is 12.1. The number of likely N-dealkylation sites (tertiary alicyclic amines) is 1. The van der Waals surface area contributed by atoms with Gasteiger partial charge in [-0.25, -0.2) is 0 Å². The number of pyridine rings is 1. The van der Waals surface area contributed by atoms with Crippen molar-refractivity contribution in [1.82, 2.24) is 9.88 Å². The first-order valence-corrected chi connectivity index (χ1v) is 11.6. The highest BCUT2D eigenvalue weighted by Crippen LogP contribution is 2.35. The zero-order valence-electron chi connectivity index (χ0n) is 18.7. The number of aliphatic hydroxyl groups is 1. The number of methoxy groups -OCH3 is 1. The zero-order valence-corrected chi connectivity index (χ0v) is 18.7. The number of unbranched alkanes of at least 4 members (excludes halogenated alkanes) is 4. The van der Waals surface area contributed by atoms with Crippen molar-refractivity contribution in [3.63, 3.8) is 0 Å². The van der Waals surface area contributed by atoms with E-state index in [1.54, 1.807) is 13.3 Å².